The molecule has 4 N–H and O–H groups in total. The van der Waals surface area contributed by atoms with Crippen molar-refractivity contribution < 1.29 is 5.11 Å². The van der Waals surface area contributed by atoms with E-state index in [1.165, 1.54) is 11.1 Å². The van der Waals surface area contributed by atoms with Crippen LogP contribution >= 0.6 is 15.9 Å². The number of nitrogens with two attached hydrogens (primary N) is 1. The molecule has 0 heterocycles. The average molecular weight is 315 g/mol. The Kier molecular flexibility index (Phi) is 6.86. The molecule has 0 saturated heterocycles. The SMILES string of the molecule is CCC(CCO)NC(CN)c1ccc(C)c(Br)c1. The summed E-state index contributed by atoms with van der Waals surface area (Å²) in [6.07, 6.45) is 1.75. The zero-order valence-electron chi connectivity index (χ0n) is 11.1. The van der Waals surface area contributed by atoms with E-state index in [1.54, 1.807) is 0 Å². The van der Waals surface area contributed by atoms with Gasteiger partial charge in [-0.05, 0) is 37.0 Å². The van der Waals surface area contributed by atoms with Crippen LogP contribution in [0.1, 0.15) is 36.9 Å². The first kappa shape index (κ1) is 15.6. The molecule has 3 nitrogen and oxygen atoms in total. The van der Waals surface area contributed by atoms with Crippen LogP contribution in [0.4, 0.5) is 0 Å². The number of nitrogens with one attached hydrogen (secondary N) is 1. The largest absolute Gasteiger partial charge is 0.396 e. The summed E-state index contributed by atoms with van der Waals surface area (Å²) in [5, 5.41) is 12.5. The number of hydrogen-bond donors (Lipinski definition) is 3. The average Bonchev–Trinajstić information content (AvgIpc) is 2.38. The van der Waals surface area contributed by atoms with Crippen molar-refractivity contribution in [3.8, 4) is 0 Å². The van der Waals surface area contributed by atoms with Crippen LogP contribution in [0, 0.1) is 6.92 Å². The molecule has 1 rings (SSSR count). The summed E-state index contributed by atoms with van der Waals surface area (Å²) in [6, 6.07) is 6.76. The molecule has 1 aromatic carbocycles. The summed E-state index contributed by atoms with van der Waals surface area (Å²) in [6.45, 7) is 4.95. The Morgan fingerprint density at radius 2 is 2.17 bits per heavy atom. The lowest BCUT2D eigenvalue weighted by atomic mass is 10.0. The fourth-order valence-corrected chi connectivity index (χ4v) is 2.37. The van der Waals surface area contributed by atoms with Crippen LogP contribution in [0.15, 0.2) is 22.7 Å². The molecular formula is C14H23BrN2O. The molecule has 0 aliphatic rings. The standard InChI is InChI=1S/C14H23BrN2O/c1-3-12(6-7-18)17-14(9-16)11-5-4-10(2)13(15)8-11/h4-5,8,12,14,17-18H,3,6-7,9,16H2,1-2H3. The number of hydrogen-bond acceptors (Lipinski definition) is 3. The Hall–Kier alpha value is -0.420. The third-order valence-corrected chi connectivity index (χ3v) is 4.10. The maximum Gasteiger partial charge on any atom is 0.0447 e. The first-order valence-electron chi connectivity index (χ1n) is 6.45. The molecule has 18 heavy (non-hydrogen) atoms. The Morgan fingerprint density at radius 3 is 2.67 bits per heavy atom. The number of benzene rings is 1. The lowest BCUT2D eigenvalue weighted by Crippen LogP contribution is -2.37. The molecule has 1 aromatic rings. The summed E-state index contributed by atoms with van der Waals surface area (Å²) in [7, 11) is 0. The van der Waals surface area contributed by atoms with Crippen molar-refractivity contribution in [2.75, 3.05) is 13.2 Å². The summed E-state index contributed by atoms with van der Waals surface area (Å²) in [5.41, 5.74) is 8.26. The van der Waals surface area contributed by atoms with E-state index in [1.807, 2.05) is 0 Å². The molecule has 102 valence electrons. The van der Waals surface area contributed by atoms with Gasteiger partial charge in [0.15, 0.2) is 0 Å². The van der Waals surface area contributed by atoms with Crippen molar-refractivity contribution in [1.29, 1.82) is 0 Å². The number of halogens is 1. The number of aryl methyl sites for hydroxylation is 1. The summed E-state index contributed by atoms with van der Waals surface area (Å²) in [4.78, 5) is 0. The molecule has 0 fully saturated rings. The van der Waals surface area contributed by atoms with Gasteiger partial charge >= 0.3 is 0 Å². The summed E-state index contributed by atoms with van der Waals surface area (Å²) >= 11 is 3.55. The highest BCUT2D eigenvalue weighted by Crippen LogP contribution is 2.22. The highest BCUT2D eigenvalue weighted by atomic mass is 79.9. The molecule has 0 radical (unpaired) electrons. The Balaban J connectivity index is 2.78. The van der Waals surface area contributed by atoms with Gasteiger partial charge in [-0.15, -0.1) is 0 Å². The fraction of sp³-hybridized carbons (Fsp3) is 0.571. The number of aliphatic hydroxyl groups excluding tert-OH is 1. The van der Waals surface area contributed by atoms with Crippen molar-refractivity contribution in [3.05, 3.63) is 33.8 Å². The second-order valence-electron chi connectivity index (χ2n) is 4.58. The highest BCUT2D eigenvalue weighted by Gasteiger charge is 2.15. The Morgan fingerprint density at radius 1 is 1.44 bits per heavy atom. The van der Waals surface area contributed by atoms with Gasteiger partial charge in [-0.1, -0.05) is 35.0 Å². The molecular weight excluding hydrogens is 292 g/mol. The van der Waals surface area contributed by atoms with Crippen LogP contribution in [-0.4, -0.2) is 24.3 Å². The van der Waals surface area contributed by atoms with Crippen LogP contribution < -0.4 is 11.1 Å². The highest BCUT2D eigenvalue weighted by molar-refractivity contribution is 9.10. The zero-order valence-corrected chi connectivity index (χ0v) is 12.7. The van der Waals surface area contributed by atoms with Crippen molar-refractivity contribution in [2.24, 2.45) is 5.73 Å². The zero-order chi connectivity index (χ0) is 13.5. The van der Waals surface area contributed by atoms with Crippen molar-refractivity contribution >= 4 is 15.9 Å². The molecule has 4 heteroatoms. The molecule has 2 unspecified atom stereocenters. The van der Waals surface area contributed by atoms with E-state index >= 15 is 0 Å². The first-order chi connectivity index (χ1) is 8.62. The molecule has 0 aromatic heterocycles. The van der Waals surface area contributed by atoms with E-state index in [9.17, 15) is 0 Å². The molecule has 0 bridgehead atoms. The van der Waals surface area contributed by atoms with E-state index in [0.29, 0.717) is 12.6 Å². The van der Waals surface area contributed by atoms with Gasteiger partial charge in [0.1, 0.15) is 0 Å². The van der Waals surface area contributed by atoms with Crippen LogP contribution in [0.2, 0.25) is 0 Å². The molecule has 0 aliphatic heterocycles. The second-order valence-corrected chi connectivity index (χ2v) is 5.44. The molecule has 0 spiro atoms. The minimum atomic E-state index is 0.137. The molecule has 2 atom stereocenters. The van der Waals surface area contributed by atoms with Gasteiger partial charge < -0.3 is 16.2 Å². The number of aliphatic hydroxyl groups is 1. The predicted octanol–water partition coefficient (Wildman–Crippen LogP) is 2.51. The second kappa shape index (κ2) is 7.89. The van der Waals surface area contributed by atoms with E-state index < -0.39 is 0 Å². The summed E-state index contributed by atoms with van der Waals surface area (Å²) < 4.78 is 1.11. The molecule has 0 aliphatic carbocycles. The fourth-order valence-electron chi connectivity index (χ4n) is 1.97. The smallest absolute Gasteiger partial charge is 0.0447 e. The topological polar surface area (TPSA) is 58.3 Å². The van der Waals surface area contributed by atoms with E-state index in [2.05, 4.69) is 53.3 Å². The van der Waals surface area contributed by atoms with Gasteiger partial charge in [0.05, 0.1) is 0 Å². The van der Waals surface area contributed by atoms with Crippen LogP contribution in [0.25, 0.3) is 0 Å². The monoisotopic (exact) mass is 314 g/mol. The predicted molar refractivity (Wildman–Crippen MR) is 79.6 cm³/mol. The van der Waals surface area contributed by atoms with Crippen molar-refractivity contribution in [2.45, 2.75) is 38.8 Å². The number of rotatable bonds is 7. The summed E-state index contributed by atoms with van der Waals surface area (Å²) in [5.74, 6) is 0. The maximum absolute atomic E-state index is 9.03. The van der Waals surface area contributed by atoms with Gasteiger partial charge in [-0.3, -0.25) is 0 Å². The third kappa shape index (κ3) is 4.35. The van der Waals surface area contributed by atoms with E-state index in [0.717, 1.165) is 17.3 Å². The van der Waals surface area contributed by atoms with Gasteiger partial charge in [0.2, 0.25) is 0 Å². The minimum Gasteiger partial charge on any atom is -0.396 e. The van der Waals surface area contributed by atoms with Gasteiger partial charge in [-0.2, -0.15) is 0 Å². The lowest BCUT2D eigenvalue weighted by Gasteiger charge is -2.24. The molecule has 0 amide bonds. The quantitative estimate of drug-likeness (QED) is 0.724. The van der Waals surface area contributed by atoms with Crippen LogP contribution in [0.5, 0.6) is 0 Å². The lowest BCUT2D eigenvalue weighted by molar-refractivity contribution is 0.256. The normalized spacial score (nSPS) is 14.5. The van der Waals surface area contributed by atoms with Crippen molar-refractivity contribution in [1.82, 2.24) is 5.32 Å². The van der Waals surface area contributed by atoms with Gasteiger partial charge in [0.25, 0.3) is 0 Å². The first-order valence-corrected chi connectivity index (χ1v) is 7.24. The van der Waals surface area contributed by atoms with Crippen LogP contribution in [0.3, 0.4) is 0 Å². The van der Waals surface area contributed by atoms with E-state index in [4.69, 9.17) is 10.8 Å². The Labute approximate surface area is 118 Å². The van der Waals surface area contributed by atoms with Gasteiger partial charge in [-0.25, -0.2) is 0 Å². The third-order valence-electron chi connectivity index (χ3n) is 3.24. The van der Waals surface area contributed by atoms with Crippen molar-refractivity contribution in [3.63, 3.8) is 0 Å². The van der Waals surface area contributed by atoms with Gasteiger partial charge in [0, 0.05) is 29.7 Å². The minimum absolute atomic E-state index is 0.137. The van der Waals surface area contributed by atoms with E-state index in [-0.39, 0.29) is 12.6 Å². The van der Waals surface area contributed by atoms with Crippen LogP contribution in [-0.2, 0) is 0 Å². The Bertz CT molecular complexity index is 371. The maximum atomic E-state index is 9.03. The molecule has 0 saturated carbocycles.